The van der Waals surface area contributed by atoms with Crippen LogP contribution < -0.4 is 4.74 Å². The standard InChI is InChI=1S/C21H26O6/c1-11-9-12-15(14(10-11)24-5)17-21(18(23)25-6,27-19(2,3)26-17)20(4)8-7-13(22)16(12)20/h9-10,16-17H,7-8H2,1-6H3/t16-,17-,20+,21+/m0/s1. The van der Waals surface area contributed by atoms with E-state index in [0.717, 1.165) is 16.7 Å². The highest BCUT2D eigenvalue weighted by Crippen LogP contribution is 2.69. The van der Waals surface area contributed by atoms with Gasteiger partial charge >= 0.3 is 5.97 Å². The van der Waals surface area contributed by atoms with Crippen LogP contribution in [-0.4, -0.2) is 37.4 Å². The van der Waals surface area contributed by atoms with Crippen molar-refractivity contribution in [2.45, 2.75) is 63.9 Å². The molecule has 0 bridgehead atoms. The summed E-state index contributed by atoms with van der Waals surface area (Å²) < 4.78 is 23.5. The van der Waals surface area contributed by atoms with E-state index >= 15 is 0 Å². The smallest absolute Gasteiger partial charge is 0.342 e. The number of aryl methyl sites for hydroxylation is 1. The fourth-order valence-corrected chi connectivity index (χ4v) is 5.47. The molecule has 0 spiro atoms. The first kappa shape index (κ1) is 18.4. The average molecular weight is 374 g/mol. The van der Waals surface area contributed by atoms with Crippen LogP contribution in [0.25, 0.3) is 0 Å². The highest BCUT2D eigenvalue weighted by Gasteiger charge is 2.75. The van der Waals surface area contributed by atoms with E-state index in [9.17, 15) is 9.59 Å². The maximum absolute atomic E-state index is 13.2. The topological polar surface area (TPSA) is 71.1 Å². The molecule has 27 heavy (non-hydrogen) atoms. The number of carbonyl (C=O) groups excluding carboxylic acids is 2. The lowest BCUT2D eigenvalue weighted by Crippen LogP contribution is -2.61. The van der Waals surface area contributed by atoms with Crippen LogP contribution in [0.5, 0.6) is 5.75 Å². The maximum Gasteiger partial charge on any atom is 0.342 e. The van der Waals surface area contributed by atoms with Crippen LogP contribution in [0.1, 0.15) is 62.3 Å². The predicted molar refractivity (Wildman–Crippen MR) is 96.6 cm³/mol. The second-order valence-electron chi connectivity index (χ2n) is 8.51. The van der Waals surface area contributed by atoms with Gasteiger partial charge in [0, 0.05) is 17.4 Å². The zero-order chi connectivity index (χ0) is 19.8. The molecule has 1 saturated heterocycles. The number of ketones is 1. The number of benzene rings is 1. The van der Waals surface area contributed by atoms with E-state index < -0.39 is 34.8 Å². The van der Waals surface area contributed by atoms with E-state index in [1.165, 1.54) is 7.11 Å². The van der Waals surface area contributed by atoms with Gasteiger partial charge in [-0.1, -0.05) is 13.0 Å². The molecule has 0 amide bonds. The molecule has 4 rings (SSSR count). The predicted octanol–water partition coefficient (Wildman–Crippen LogP) is 3.21. The van der Waals surface area contributed by atoms with Crippen molar-refractivity contribution in [3.63, 3.8) is 0 Å². The van der Waals surface area contributed by atoms with E-state index in [-0.39, 0.29) is 5.78 Å². The number of fused-ring (bicyclic) bond motifs is 6. The van der Waals surface area contributed by atoms with Crippen LogP contribution in [0.3, 0.4) is 0 Å². The third-order valence-electron chi connectivity index (χ3n) is 6.48. The number of Topliss-reactive ketones (excluding diaryl/α,β-unsaturated/α-hetero) is 1. The Bertz CT molecular complexity index is 843. The number of hydrogen-bond acceptors (Lipinski definition) is 6. The molecule has 1 aliphatic heterocycles. The Morgan fingerprint density at radius 2 is 1.93 bits per heavy atom. The van der Waals surface area contributed by atoms with Gasteiger partial charge in [-0.05, 0) is 44.4 Å². The van der Waals surface area contributed by atoms with Crippen LogP contribution in [0.2, 0.25) is 0 Å². The van der Waals surface area contributed by atoms with Crippen molar-refractivity contribution < 1.29 is 28.5 Å². The average Bonchev–Trinajstić information content (AvgIpc) is 3.08. The van der Waals surface area contributed by atoms with E-state index in [4.69, 9.17) is 18.9 Å². The summed E-state index contributed by atoms with van der Waals surface area (Å²) in [5.74, 6) is -1.26. The summed E-state index contributed by atoms with van der Waals surface area (Å²) in [6.45, 7) is 7.49. The number of rotatable bonds is 2. The molecule has 1 heterocycles. The molecule has 0 aromatic heterocycles. The molecule has 146 valence electrons. The Labute approximate surface area is 159 Å². The second kappa shape index (κ2) is 5.55. The van der Waals surface area contributed by atoms with Crippen LogP contribution in [0.15, 0.2) is 12.1 Å². The van der Waals surface area contributed by atoms with Gasteiger partial charge in [0.15, 0.2) is 5.79 Å². The lowest BCUT2D eigenvalue weighted by Gasteiger charge is -2.50. The number of carbonyl (C=O) groups is 2. The van der Waals surface area contributed by atoms with Gasteiger partial charge in [-0.25, -0.2) is 4.79 Å². The van der Waals surface area contributed by atoms with Gasteiger partial charge in [-0.2, -0.15) is 0 Å². The maximum atomic E-state index is 13.2. The first-order valence-corrected chi connectivity index (χ1v) is 9.29. The summed E-state index contributed by atoms with van der Waals surface area (Å²) >= 11 is 0. The molecule has 6 nitrogen and oxygen atoms in total. The third kappa shape index (κ3) is 2.14. The molecular weight excluding hydrogens is 348 g/mol. The van der Waals surface area contributed by atoms with Gasteiger partial charge in [0.05, 0.1) is 20.1 Å². The molecule has 0 unspecified atom stereocenters. The summed E-state index contributed by atoms with van der Waals surface area (Å²) in [6.07, 6.45) is 0.223. The summed E-state index contributed by atoms with van der Waals surface area (Å²) in [5, 5.41) is 0. The van der Waals surface area contributed by atoms with Crippen molar-refractivity contribution in [1.82, 2.24) is 0 Å². The Morgan fingerprint density at radius 1 is 1.22 bits per heavy atom. The quantitative estimate of drug-likeness (QED) is 0.741. The number of methoxy groups -OCH3 is 2. The fourth-order valence-electron chi connectivity index (χ4n) is 5.47. The number of esters is 1. The SMILES string of the molecule is COC(=O)[C@]12OC(C)(C)O[C@H]1c1c(OC)cc(C)cc1[C@H]1C(=O)CC[C@]12C. The molecule has 1 aromatic rings. The first-order chi connectivity index (χ1) is 12.6. The summed E-state index contributed by atoms with van der Waals surface area (Å²) in [4.78, 5) is 26.2. The van der Waals surface area contributed by atoms with Crippen molar-refractivity contribution in [3.8, 4) is 5.75 Å². The normalized spacial score (nSPS) is 36.0. The van der Waals surface area contributed by atoms with Crippen molar-refractivity contribution in [3.05, 3.63) is 28.8 Å². The van der Waals surface area contributed by atoms with Gasteiger partial charge in [0.2, 0.25) is 5.60 Å². The molecule has 1 saturated carbocycles. The van der Waals surface area contributed by atoms with Gasteiger partial charge in [-0.3, -0.25) is 4.79 Å². The van der Waals surface area contributed by atoms with Crippen molar-refractivity contribution in [2.75, 3.05) is 14.2 Å². The summed E-state index contributed by atoms with van der Waals surface area (Å²) in [7, 11) is 2.93. The molecule has 0 N–H and O–H groups in total. The first-order valence-electron chi connectivity index (χ1n) is 9.29. The minimum absolute atomic E-state index is 0.112. The van der Waals surface area contributed by atoms with Gasteiger partial charge in [0.1, 0.15) is 17.6 Å². The van der Waals surface area contributed by atoms with Crippen LogP contribution >= 0.6 is 0 Å². The molecule has 2 fully saturated rings. The van der Waals surface area contributed by atoms with Gasteiger partial charge in [-0.15, -0.1) is 0 Å². The van der Waals surface area contributed by atoms with Crippen molar-refractivity contribution in [2.24, 2.45) is 5.41 Å². The van der Waals surface area contributed by atoms with Crippen molar-refractivity contribution >= 4 is 11.8 Å². The van der Waals surface area contributed by atoms with E-state index in [1.54, 1.807) is 21.0 Å². The van der Waals surface area contributed by atoms with Gasteiger partial charge in [0.25, 0.3) is 0 Å². The zero-order valence-electron chi connectivity index (χ0n) is 16.7. The Morgan fingerprint density at radius 3 is 2.56 bits per heavy atom. The lowest BCUT2D eigenvalue weighted by molar-refractivity contribution is -0.211. The summed E-state index contributed by atoms with van der Waals surface area (Å²) in [6, 6.07) is 3.91. The fraction of sp³-hybridized carbons (Fsp3) is 0.619. The summed E-state index contributed by atoms with van der Waals surface area (Å²) in [5.41, 5.74) is 0.426. The second-order valence-corrected chi connectivity index (χ2v) is 8.51. The molecule has 1 aromatic carbocycles. The monoisotopic (exact) mass is 374 g/mol. The van der Waals surface area contributed by atoms with Crippen LogP contribution in [0, 0.1) is 12.3 Å². The zero-order valence-corrected chi connectivity index (χ0v) is 16.7. The van der Waals surface area contributed by atoms with E-state index in [0.29, 0.717) is 18.6 Å². The van der Waals surface area contributed by atoms with Crippen LogP contribution in [-0.2, 0) is 23.8 Å². The molecule has 6 heteroatoms. The van der Waals surface area contributed by atoms with Gasteiger partial charge < -0.3 is 18.9 Å². The molecule has 0 radical (unpaired) electrons. The largest absolute Gasteiger partial charge is 0.496 e. The molecule has 2 aliphatic carbocycles. The van der Waals surface area contributed by atoms with E-state index in [1.807, 2.05) is 26.0 Å². The Hall–Kier alpha value is -1.92. The van der Waals surface area contributed by atoms with Crippen LogP contribution in [0.4, 0.5) is 0 Å². The molecular formula is C21H26O6. The third-order valence-corrected chi connectivity index (χ3v) is 6.48. The molecule has 4 atom stereocenters. The highest BCUT2D eigenvalue weighted by atomic mass is 16.8. The Kier molecular flexibility index (Phi) is 3.79. The minimum atomic E-state index is -1.41. The van der Waals surface area contributed by atoms with E-state index in [2.05, 4.69) is 0 Å². The van der Waals surface area contributed by atoms with Crippen molar-refractivity contribution in [1.29, 1.82) is 0 Å². The highest BCUT2D eigenvalue weighted by molar-refractivity contribution is 5.95. The molecule has 3 aliphatic rings. The minimum Gasteiger partial charge on any atom is -0.496 e. The number of hydrogen-bond donors (Lipinski definition) is 0. The Balaban J connectivity index is 2.11. The lowest BCUT2D eigenvalue weighted by atomic mass is 9.56. The number of ether oxygens (including phenoxy) is 4.